The van der Waals surface area contributed by atoms with Crippen LogP contribution < -0.4 is 5.32 Å². The molecule has 0 saturated heterocycles. The Bertz CT molecular complexity index is 555. The molecule has 2 rings (SSSR count). The van der Waals surface area contributed by atoms with Crippen molar-refractivity contribution >= 4 is 17.2 Å². The van der Waals surface area contributed by atoms with Gasteiger partial charge in [-0.25, -0.2) is 4.98 Å². The number of aromatic nitrogens is 1. The molecule has 1 N–H and O–H groups in total. The molecule has 90 valence electrons. The molecule has 18 heavy (non-hydrogen) atoms. The number of carbonyl (C=O) groups is 1. The molecule has 1 heterocycles. The van der Waals surface area contributed by atoms with E-state index < -0.39 is 0 Å². The van der Waals surface area contributed by atoms with Crippen LogP contribution in [0, 0.1) is 11.3 Å². The van der Waals surface area contributed by atoms with Crippen LogP contribution in [0.25, 0.3) is 0 Å². The fourth-order valence-electron chi connectivity index (χ4n) is 1.45. The van der Waals surface area contributed by atoms with Gasteiger partial charge >= 0.3 is 0 Å². The van der Waals surface area contributed by atoms with Gasteiger partial charge in [-0.1, -0.05) is 12.1 Å². The summed E-state index contributed by atoms with van der Waals surface area (Å²) in [6.45, 7) is 0.467. The zero-order chi connectivity index (χ0) is 12.8. The van der Waals surface area contributed by atoms with Crippen LogP contribution in [0.3, 0.4) is 0 Å². The summed E-state index contributed by atoms with van der Waals surface area (Å²) in [7, 11) is 0. The molecular weight excluding hydrogens is 246 g/mol. The highest BCUT2D eigenvalue weighted by molar-refractivity contribution is 7.07. The lowest BCUT2D eigenvalue weighted by molar-refractivity contribution is -0.120. The second-order valence-electron chi connectivity index (χ2n) is 3.74. The van der Waals surface area contributed by atoms with Gasteiger partial charge in [0.25, 0.3) is 0 Å². The maximum absolute atomic E-state index is 11.6. The van der Waals surface area contributed by atoms with Crippen LogP contribution in [0.5, 0.6) is 0 Å². The lowest BCUT2D eigenvalue weighted by Crippen LogP contribution is -2.24. The minimum Gasteiger partial charge on any atom is -0.352 e. The van der Waals surface area contributed by atoms with Crippen molar-refractivity contribution in [2.45, 2.75) is 13.0 Å². The number of amides is 1. The van der Waals surface area contributed by atoms with E-state index in [-0.39, 0.29) is 5.91 Å². The molecule has 0 atom stereocenters. The third kappa shape index (κ3) is 3.40. The molecular formula is C13H11N3OS. The van der Waals surface area contributed by atoms with E-state index in [1.165, 1.54) is 11.3 Å². The van der Waals surface area contributed by atoms with Crippen molar-refractivity contribution in [3.8, 4) is 6.07 Å². The zero-order valence-corrected chi connectivity index (χ0v) is 10.4. The van der Waals surface area contributed by atoms with Gasteiger partial charge in [-0.15, -0.1) is 11.3 Å². The lowest BCUT2D eigenvalue weighted by atomic mass is 10.1. The largest absolute Gasteiger partial charge is 0.352 e. The van der Waals surface area contributed by atoms with Crippen molar-refractivity contribution < 1.29 is 4.79 Å². The Morgan fingerprint density at radius 3 is 2.78 bits per heavy atom. The summed E-state index contributed by atoms with van der Waals surface area (Å²) in [5.74, 6) is -0.0507. The van der Waals surface area contributed by atoms with Crippen molar-refractivity contribution in [2.75, 3.05) is 0 Å². The average molecular weight is 257 g/mol. The van der Waals surface area contributed by atoms with Crippen LogP contribution in [0.15, 0.2) is 35.2 Å². The molecule has 0 aliphatic carbocycles. The molecule has 2 aromatic rings. The molecule has 0 aliphatic rings. The van der Waals surface area contributed by atoms with Gasteiger partial charge in [-0.2, -0.15) is 5.26 Å². The molecule has 0 saturated carbocycles. The van der Waals surface area contributed by atoms with Crippen molar-refractivity contribution in [1.29, 1.82) is 5.26 Å². The highest BCUT2D eigenvalue weighted by Crippen LogP contribution is 2.04. The third-order valence-corrected chi connectivity index (χ3v) is 3.03. The Labute approximate surface area is 109 Å². The predicted octanol–water partition coefficient (Wildman–Crippen LogP) is 1.87. The predicted molar refractivity (Wildman–Crippen MR) is 68.8 cm³/mol. The maximum Gasteiger partial charge on any atom is 0.226 e. The van der Waals surface area contributed by atoms with Crippen molar-refractivity contribution in [3.05, 3.63) is 52.0 Å². The number of nitriles is 1. The minimum atomic E-state index is -0.0507. The van der Waals surface area contributed by atoms with Gasteiger partial charge in [0.2, 0.25) is 5.91 Å². The first-order chi connectivity index (χ1) is 8.78. The third-order valence-electron chi connectivity index (χ3n) is 2.40. The van der Waals surface area contributed by atoms with Gasteiger partial charge < -0.3 is 5.32 Å². The number of carbonyl (C=O) groups excluding carboxylic acids is 1. The average Bonchev–Trinajstić information content (AvgIpc) is 2.90. The summed E-state index contributed by atoms with van der Waals surface area (Å²) < 4.78 is 0. The fraction of sp³-hybridized carbons (Fsp3) is 0.154. The maximum atomic E-state index is 11.6. The van der Waals surface area contributed by atoms with E-state index in [2.05, 4.69) is 16.4 Å². The number of rotatable bonds is 4. The van der Waals surface area contributed by atoms with Crippen molar-refractivity contribution in [2.24, 2.45) is 0 Å². The Hall–Kier alpha value is -2.19. The van der Waals surface area contributed by atoms with Crippen molar-refractivity contribution in [3.63, 3.8) is 0 Å². The quantitative estimate of drug-likeness (QED) is 0.909. The van der Waals surface area contributed by atoms with Crippen LogP contribution >= 0.6 is 11.3 Å². The summed E-state index contributed by atoms with van der Waals surface area (Å²) in [4.78, 5) is 15.7. The molecule has 0 fully saturated rings. The van der Waals surface area contributed by atoms with Crippen LogP contribution in [-0.4, -0.2) is 10.9 Å². The monoisotopic (exact) mass is 257 g/mol. The second kappa shape index (κ2) is 5.94. The summed E-state index contributed by atoms with van der Waals surface area (Å²) >= 11 is 1.48. The van der Waals surface area contributed by atoms with Gasteiger partial charge in [-0.3, -0.25) is 4.79 Å². The Kier molecular flexibility index (Phi) is 4.05. The van der Waals surface area contributed by atoms with E-state index in [0.717, 1.165) is 11.3 Å². The molecule has 0 aliphatic heterocycles. The smallest absolute Gasteiger partial charge is 0.226 e. The van der Waals surface area contributed by atoms with Gasteiger partial charge in [0, 0.05) is 11.9 Å². The standard InChI is InChI=1S/C13H11N3OS/c14-6-10-1-3-11(4-2-10)7-15-13(17)5-12-8-18-9-16-12/h1-4,8-9H,5,7H2,(H,15,17). The zero-order valence-electron chi connectivity index (χ0n) is 9.59. The first-order valence-electron chi connectivity index (χ1n) is 5.41. The van der Waals surface area contributed by atoms with E-state index in [0.29, 0.717) is 18.5 Å². The summed E-state index contributed by atoms with van der Waals surface area (Å²) in [6, 6.07) is 9.20. The normalized spacial score (nSPS) is 9.72. The molecule has 0 spiro atoms. The van der Waals surface area contributed by atoms with E-state index >= 15 is 0 Å². The van der Waals surface area contributed by atoms with Gasteiger partial charge in [0.05, 0.1) is 29.3 Å². The molecule has 0 unspecified atom stereocenters. The Morgan fingerprint density at radius 2 is 2.17 bits per heavy atom. The van der Waals surface area contributed by atoms with E-state index in [1.54, 1.807) is 17.6 Å². The number of hydrogen-bond donors (Lipinski definition) is 1. The van der Waals surface area contributed by atoms with Crippen molar-refractivity contribution in [1.82, 2.24) is 10.3 Å². The van der Waals surface area contributed by atoms with Crippen LogP contribution in [0.2, 0.25) is 0 Å². The lowest BCUT2D eigenvalue weighted by Gasteiger charge is -2.04. The molecule has 1 amide bonds. The van der Waals surface area contributed by atoms with Gasteiger partial charge in [0.15, 0.2) is 0 Å². The first kappa shape index (κ1) is 12.3. The van der Waals surface area contributed by atoms with E-state index in [1.807, 2.05) is 17.5 Å². The highest BCUT2D eigenvalue weighted by Gasteiger charge is 2.04. The van der Waals surface area contributed by atoms with Crippen LogP contribution in [0.4, 0.5) is 0 Å². The number of benzene rings is 1. The summed E-state index contributed by atoms with van der Waals surface area (Å²) in [6.07, 6.45) is 0.305. The van der Waals surface area contributed by atoms with Crippen LogP contribution in [-0.2, 0) is 17.8 Å². The molecule has 1 aromatic heterocycles. The minimum absolute atomic E-state index is 0.0507. The van der Waals surface area contributed by atoms with Gasteiger partial charge in [-0.05, 0) is 17.7 Å². The van der Waals surface area contributed by atoms with Gasteiger partial charge in [0.1, 0.15) is 0 Å². The first-order valence-corrected chi connectivity index (χ1v) is 6.35. The number of hydrogen-bond acceptors (Lipinski definition) is 4. The Balaban J connectivity index is 1.83. The Morgan fingerprint density at radius 1 is 1.39 bits per heavy atom. The molecule has 0 bridgehead atoms. The molecule has 1 aromatic carbocycles. The highest BCUT2D eigenvalue weighted by atomic mass is 32.1. The number of nitrogens with zero attached hydrogens (tertiary/aromatic N) is 2. The SMILES string of the molecule is N#Cc1ccc(CNC(=O)Cc2cscn2)cc1. The topological polar surface area (TPSA) is 65.8 Å². The molecule has 5 heteroatoms. The second-order valence-corrected chi connectivity index (χ2v) is 4.46. The van der Waals surface area contributed by atoms with E-state index in [9.17, 15) is 4.79 Å². The number of nitrogens with one attached hydrogen (secondary N) is 1. The molecule has 0 radical (unpaired) electrons. The van der Waals surface area contributed by atoms with E-state index in [4.69, 9.17) is 5.26 Å². The number of thiazole rings is 1. The fourth-order valence-corrected chi connectivity index (χ4v) is 2.01. The summed E-state index contributed by atoms with van der Waals surface area (Å²) in [5, 5.41) is 13.3. The molecule has 4 nitrogen and oxygen atoms in total. The van der Waals surface area contributed by atoms with Crippen LogP contribution in [0.1, 0.15) is 16.8 Å². The summed E-state index contributed by atoms with van der Waals surface area (Å²) in [5.41, 5.74) is 4.09.